The monoisotopic (exact) mass is 442 g/mol. The number of amides is 2. The number of anilines is 1. The Morgan fingerprint density at radius 1 is 1.00 bits per heavy atom. The Balaban J connectivity index is 1.31. The highest BCUT2D eigenvalue weighted by Crippen LogP contribution is 2.34. The number of carbonyl (C=O) groups is 2. The highest BCUT2D eigenvalue weighted by Gasteiger charge is 2.32. The zero-order chi connectivity index (χ0) is 22.2. The van der Waals surface area contributed by atoms with Crippen LogP contribution in [0.3, 0.4) is 0 Å². The average Bonchev–Trinajstić information content (AvgIpc) is 3.08. The molecule has 6 nitrogen and oxygen atoms in total. The summed E-state index contributed by atoms with van der Waals surface area (Å²) in [6.07, 6.45) is 2.65. The molecule has 0 unspecified atom stereocenters. The number of likely N-dealkylation sites (tertiary alicyclic amines) is 1. The number of benzene rings is 1. The van der Waals surface area contributed by atoms with Crippen LogP contribution >= 0.6 is 11.3 Å². The molecule has 1 aromatic carbocycles. The number of nitrogens with zero attached hydrogens (tertiary/aromatic N) is 3. The normalized spacial score (nSPS) is 19.2. The topological polar surface area (TPSA) is 69.9 Å². The molecular formula is C24H34N4O2S. The van der Waals surface area contributed by atoms with Crippen LogP contribution in [0.15, 0.2) is 24.3 Å². The van der Waals surface area contributed by atoms with Crippen LogP contribution < -0.4 is 5.73 Å². The lowest BCUT2D eigenvalue weighted by Gasteiger charge is -2.43. The molecule has 2 fully saturated rings. The Labute approximate surface area is 189 Å². The van der Waals surface area contributed by atoms with Crippen LogP contribution in [0.25, 0.3) is 10.1 Å². The van der Waals surface area contributed by atoms with Gasteiger partial charge in [0, 0.05) is 61.8 Å². The fourth-order valence-corrected chi connectivity index (χ4v) is 5.74. The number of fused-ring (bicyclic) bond motifs is 1. The first-order valence-electron chi connectivity index (χ1n) is 11.3. The molecule has 31 heavy (non-hydrogen) atoms. The lowest BCUT2D eigenvalue weighted by Crippen LogP contribution is -2.54. The van der Waals surface area contributed by atoms with Crippen LogP contribution in [0.1, 0.15) is 50.4 Å². The lowest BCUT2D eigenvalue weighted by molar-refractivity contribution is -0.134. The van der Waals surface area contributed by atoms with Crippen molar-refractivity contribution >= 4 is 38.2 Å². The van der Waals surface area contributed by atoms with Crippen molar-refractivity contribution < 1.29 is 9.59 Å². The van der Waals surface area contributed by atoms with Crippen molar-refractivity contribution in [3.8, 4) is 0 Å². The highest BCUT2D eigenvalue weighted by atomic mass is 32.1. The Hall–Kier alpha value is -2.12. The Kier molecular flexibility index (Phi) is 6.26. The molecule has 2 saturated heterocycles. The number of hydrogen-bond acceptors (Lipinski definition) is 5. The van der Waals surface area contributed by atoms with E-state index in [2.05, 4.69) is 25.7 Å². The molecule has 168 valence electrons. The van der Waals surface area contributed by atoms with Gasteiger partial charge in [0.25, 0.3) is 5.91 Å². The number of nitrogen functional groups attached to an aromatic ring is 1. The summed E-state index contributed by atoms with van der Waals surface area (Å²) in [5.41, 5.74) is 6.91. The number of thiophene rings is 1. The molecule has 3 heterocycles. The maximum absolute atomic E-state index is 13.2. The molecule has 2 aliphatic heterocycles. The number of hydrogen-bond donors (Lipinski definition) is 1. The van der Waals surface area contributed by atoms with Gasteiger partial charge >= 0.3 is 0 Å². The average molecular weight is 443 g/mol. The van der Waals surface area contributed by atoms with Crippen LogP contribution in [0.5, 0.6) is 0 Å². The Morgan fingerprint density at radius 2 is 1.65 bits per heavy atom. The van der Waals surface area contributed by atoms with Gasteiger partial charge in [-0.1, -0.05) is 39.0 Å². The molecule has 0 saturated carbocycles. The minimum atomic E-state index is 0.0357. The van der Waals surface area contributed by atoms with E-state index in [-0.39, 0.29) is 17.2 Å². The van der Waals surface area contributed by atoms with Gasteiger partial charge in [-0.15, -0.1) is 11.3 Å². The van der Waals surface area contributed by atoms with E-state index in [0.29, 0.717) is 23.0 Å². The van der Waals surface area contributed by atoms with Crippen molar-refractivity contribution in [1.29, 1.82) is 0 Å². The molecule has 0 atom stereocenters. The maximum Gasteiger partial charge on any atom is 0.257 e. The summed E-state index contributed by atoms with van der Waals surface area (Å²) in [7, 11) is 0. The predicted octanol–water partition coefficient (Wildman–Crippen LogP) is 3.67. The summed E-state index contributed by atoms with van der Waals surface area (Å²) < 4.78 is 1.06. The summed E-state index contributed by atoms with van der Waals surface area (Å²) in [4.78, 5) is 32.2. The van der Waals surface area contributed by atoms with E-state index < -0.39 is 0 Å². The van der Waals surface area contributed by atoms with Crippen LogP contribution in [-0.4, -0.2) is 71.8 Å². The van der Waals surface area contributed by atoms with Crippen LogP contribution in [-0.2, 0) is 4.79 Å². The predicted molar refractivity (Wildman–Crippen MR) is 127 cm³/mol. The number of carbonyl (C=O) groups excluding carboxylic acids is 2. The Bertz CT molecular complexity index is 948. The maximum atomic E-state index is 13.2. The molecule has 2 aromatic rings. The van der Waals surface area contributed by atoms with E-state index in [1.807, 2.05) is 34.1 Å². The number of piperidine rings is 1. The summed E-state index contributed by atoms with van der Waals surface area (Å²) in [6, 6.07) is 8.45. The second-order valence-corrected chi connectivity index (χ2v) is 11.1. The van der Waals surface area contributed by atoms with Gasteiger partial charge in [0.1, 0.15) is 0 Å². The second-order valence-electron chi connectivity index (χ2n) is 10.0. The summed E-state index contributed by atoms with van der Waals surface area (Å²) >= 11 is 1.49. The third-order valence-electron chi connectivity index (χ3n) is 6.45. The lowest BCUT2D eigenvalue weighted by atomic mass is 9.91. The molecule has 4 rings (SSSR count). The van der Waals surface area contributed by atoms with E-state index in [1.54, 1.807) is 0 Å². The van der Waals surface area contributed by atoms with E-state index in [1.165, 1.54) is 11.3 Å². The van der Waals surface area contributed by atoms with Crippen molar-refractivity contribution in [3.05, 3.63) is 29.8 Å². The highest BCUT2D eigenvalue weighted by molar-refractivity contribution is 7.23. The molecular weight excluding hydrogens is 408 g/mol. The van der Waals surface area contributed by atoms with Gasteiger partial charge < -0.3 is 15.5 Å². The van der Waals surface area contributed by atoms with Gasteiger partial charge in [-0.05, 0) is 24.3 Å². The molecule has 0 radical (unpaired) electrons. The minimum absolute atomic E-state index is 0.0357. The first-order chi connectivity index (χ1) is 14.7. The largest absolute Gasteiger partial charge is 0.390 e. The Morgan fingerprint density at radius 3 is 2.29 bits per heavy atom. The molecule has 2 amide bonds. The van der Waals surface area contributed by atoms with Crippen LogP contribution in [0.2, 0.25) is 0 Å². The molecule has 1 aromatic heterocycles. The van der Waals surface area contributed by atoms with Gasteiger partial charge in [-0.25, -0.2) is 0 Å². The molecule has 0 spiro atoms. The number of rotatable bonds is 3. The minimum Gasteiger partial charge on any atom is -0.390 e. The molecule has 2 aliphatic rings. The summed E-state index contributed by atoms with van der Waals surface area (Å²) in [5.74, 6) is 0.333. The van der Waals surface area contributed by atoms with Crippen molar-refractivity contribution in [2.45, 2.75) is 46.1 Å². The van der Waals surface area contributed by atoms with Gasteiger partial charge in [0.05, 0.1) is 10.6 Å². The fraction of sp³-hybridized carbons (Fsp3) is 0.583. The van der Waals surface area contributed by atoms with E-state index in [9.17, 15) is 9.59 Å². The van der Waals surface area contributed by atoms with Crippen LogP contribution in [0.4, 0.5) is 5.00 Å². The van der Waals surface area contributed by atoms with Crippen molar-refractivity contribution in [1.82, 2.24) is 14.7 Å². The first kappa shape index (κ1) is 22.1. The molecule has 2 N–H and O–H groups in total. The second kappa shape index (κ2) is 8.79. The van der Waals surface area contributed by atoms with Crippen molar-refractivity contribution in [2.24, 2.45) is 5.41 Å². The molecule has 0 aliphatic carbocycles. The fourth-order valence-electron chi connectivity index (χ4n) is 4.78. The summed E-state index contributed by atoms with van der Waals surface area (Å²) in [6.45, 7) is 11.3. The zero-order valence-corrected chi connectivity index (χ0v) is 19.7. The van der Waals surface area contributed by atoms with Gasteiger partial charge in [-0.2, -0.15) is 0 Å². The van der Waals surface area contributed by atoms with E-state index in [0.717, 1.165) is 62.2 Å². The third kappa shape index (κ3) is 4.88. The smallest absolute Gasteiger partial charge is 0.257 e. The van der Waals surface area contributed by atoms with Crippen molar-refractivity contribution in [2.75, 3.05) is 45.0 Å². The van der Waals surface area contributed by atoms with E-state index in [4.69, 9.17) is 5.73 Å². The van der Waals surface area contributed by atoms with Crippen molar-refractivity contribution in [3.63, 3.8) is 0 Å². The standard InChI is InChI=1S/C24H34N4O2S/c1-24(2,3)16-20(29)27-10-8-17(9-11-27)26-12-14-28(15-13-26)23(30)21-18-6-4-5-7-19(18)31-22(21)25/h4-7,17H,8-16,25H2,1-3H3. The SMILES string of the molecule is CC(C)(C)CC(=O)N1CCC(N2CCN(C(=O)c3c(N)sc4ccccc34)CC2)CC1. The number of nitrogens with two attached hydrogens (primary N) is 1. The number of piperazine rings is 1. The van der Waals surface area contributed by atoms with Gasteiger partial charge in [0.15, 0.2) is 0 Å². The molecule has 0 bridgehead atoms. The zero-order valence-electron chi connectivity index (χ0n) is 18.9. The quantitative estimate of drug-likeness (QED) is 0.787. The first-order valence-corrected chi connectivity index (χ1v) is 12.1. The third-order valence-corrected chi connectivity index (χ3v) is 7.45. The molecule has 7 heteroatoms. The summed E-state index contributed by atoms with van der Waals surface area (Å²) in [5, 5.41) is 1.57. The van der Waals surface area contributed by atoms with E-state index >= 15 is 0 Å². The van der Waals surface area contributed by atoms with Crippen LogP contribution in [0, 0.1) is 5.41 Å². The van der Waals surface area contributed by atoms with Gasteiger partial charge in [0.2, 0.25) is 5.91 Å². The van der Waals surface area contributed by atoms with Gasteiger partial charge in [-0.3, -0.25) is 14.5 Å².